The summed E-state index contributed by atoms with van der Waals surface area (Å²) in [5, 5.41) is 10.4. The van der Waals surface area contributed by atoms with Crippen LogP contribution in [0, 0.1) is 6.92 Å². The van der Waals surface area contributed by atoms with E-state index in [4.69, 9.17) is 0 Å². The van der Waals surface area contributed by atoms with Crippen molar-refractivity contribution >= 4 is 31.9 Å². The van der Waals surface area contributed by atoms with Crippen LogP contribution in [-0.4, -0.2) is 5.11 Å². The van der Waals surface area contributed by atoms with Gasteiger partial charge in [0.1, 0.15) is 6.10 Å². The maximum Gasteiger partial charge on any atom is 0.104 e. The lowest BCUT2D eigenvalue weighted by atomic mass is 9.98. The Morgan fingerprint density at radius 1 is 0.941 bits per heavy atom. The van der Waals surface area contributed by atoms with Crippen LogP contribution in [0.1, 0.15) is 22.8 Å². The SMILES string of the molecule is Cc1ccc(Br)cc1C(O)c1ccc(Br)cc1. The van der Waals surface area contributed by atoms with E-state index in [0.717, 1.165) is 25.6 Å². The molecule has 88 valence electrons. The summed E-state index contributed by atoms with van der Waals surface area (Å²) in [5.74, 6) is 0. The molecule has 0 bridgehead atoms. The van der Waals surface area contributed by atoms with Crippen LogP contribution in [-0.2, 0) is 0 Å². The van der Waals surface area contributed by atoms with Crippen LogP contribution in [0.4, 0.5) is 0 Å². The van der Waals surface area contributed by atoms with Crippen molar-refractivity contribution in [3.8, 4) is 0 Å². The standard InChI is InChI=1S/C14H12Br2O/c1-9-2-5-12(16)8-13(9)14(17)10-3-6-11(15)7-4-10/h2-8,14,17H,1H3. The van der Waals surface area contributed by atoms with Crippen molar-refractivity contribution in [3.63, 3.8) is 0 Å². The average molecular weight is 356 g/mol. The summed E-state index contributed by atoms with van der Waals surface area (Å²) in [7, 11) is 0. The van der Waals surface area contributed by atoms with Crippen LogP contribution < -0.4 is 0 Å². The van der Waals surface area contributed by atoms with E-state index in [1.165, 1.54) is 0 Å². The molecule has 0 aliphatic carbocycles. The molecule has 17 heavy (non-hydrogen) atoms. The Morgan fingerprint density at radius 2 is 1.53 bits per heavy atom. The zero-order valence-electron chi connectivity index (χ0n) is 9.32. The molecule has 2 aromatic rings. The molecular weight excluding hydrogens is 344 g/mol. The monoisotopic (exact) mass is 354 g/mol. The van der Waals surface area contributed by atoms with E-state index in [2.05, 4.69) is 31.9 Å². The van der Waals surface area contributed by atoms with E-state index in [0.29, 0.717) is 0 Å². The van der Waals surface area contributed by atoms with Gasteiger partial charge in [-0.15, -0.1) is 0 Å². The maximum absolute atomic E-state index is 10.4. The highest BCUT2D eigenvalue weighted by molar-refractivity contribution is 9.10. The number of halogens is 2. The summed E-state index contributed by atoms with van der Waals surface area (Å²) in [5.41, 5.74) is 2.92. The largest absolute Gasteiger partial charge is 0.384 e. The Bertz CT molecular complexity index is 520. The van der Waals surface area contributed by atoms with Crippen molar-refractivity contribution in [1.82, 2.24) is 0 Å². The molecule has 2 rings (SSSR count). The first-order chi connectivity index (χ1) is 8.08. The molecular formula is C14H12Br2O. The Hall–Kier alpha value is -0.640. The molecule has 3 heteroatoms. The minimum atomic E-state index is -0.583. The van der Waals surface area contributed by atoms with Gasteiger partial charge in [-0.05, 0) is 47.9 Å². The van der Waals surface area contributed by atoms with Gasteiger partial charge < -0.3 is 5.11 Å². The summed E-state index contributed by atoms with van der Waals surface area (Å²) in [6.07, 6.45) is -0.583. The first-order valence-electron chi connectivity index (χ1n) is 5.27. The van der Waals surface area contributed by atoms with Gasteiger partial charge in [0.05, 0.1) is 0 Å². The van der Waals surface area contributed by atoms with Gasteiger partial charge in [0.25, 0.3) is 0 Å². The van der Waals surface area contributed by atoms with Crippen molar-refractivity contribution < 1.29 is 5.11 Å². The molecule has 0 saturated carbocycles. The van der Waals surface area contributed by atoms with E-state index in [1.54, 1.807) is 0 Å². The van der Waals surface area contributed by atoms with Gasteiger partial charge >= 0.3 is 0 Å². The van der Waals surface area contributed by atoms with Crippen molar-refractivity contribution in [2.75, 3.05) is 0 Å². The molecule has 0 radical (unpaired) electrons. The molecule has 0 saturated heterocycles. The first-order valence-corrected chi connectivity index (χ1v) is 6.86. The minimum absolute atomic E-state index is 0.583. The van der Waals surface area contributed by atoms with E-state index >= 15 is 0 Å². The van der Waals surface area contributed by atoms with Crippen LogP contribution in [0.2, 0.25) is 0 Å². The topological polar surface area (TPSA) is 20.2 Å². The number of hydrogen-bond donors (Lipinski definition) is 1. The third kappa shape index (κ3) is 2.97. The molecule has 0 amide bonds. The van der Waals surface area contributed by atoms with Crippen molar-refractivity contribution in [1.29, 1.82) is 0 Å². The summed E-state index contributed by atoms with van der Waals surface area (Å²) >= 11 is 6.82. The fraction of sp³-hybridized carbons (Fsp3) is 0.143. The summed E-state index contributed by atoms with van der Waals surface area (Å²) < 4.78 is 1.99. The second kappa shape index (κ2) is 5.34. The Labute approximate surface area is 118 Å². The smallest absolute Gasteiger partial charge is 0.104 e. The van der Waals surface area contributed by atoms with Crippen LogP contribution in [0.15, 0.2) is 51.4 Å². The predicted octanol–water partition coefficient (Wildman–Crippen LogP) is 4.60. The van der Waals surface area contributed by atoms with E-state index < -0.39 is 6.10 Å². The highest BCUT2D eigenvalue weighted by Gasteiger charge is 2.12. The van der Waals surface area contributed by atoms with Crippen LogP contribution in [0.25, 0.3) is 0 Å². The zero-order valence-corrected chi connectivity index (χ0v) is 12.5. The van der Waals surface area contributed by atoms with Gasteiger partial charge in [-0.2, -0.15) is 0 Å². The van der Waals surface area contributed by atoms with Gasteiger partial charge in [-0.25, -0.2) is 0 Å². The van der Waals surface area contributed by atoms with E-state index in [-0.39, 0.29) is 0 Å². The van der Waals surface area contributed by atoms with Gasteiger partial charge in [0.15, 0.2) is 0 Å². The lowest BCUT2D eigenvalue weighted by Gasteiger charge is -2.14. The van der Waals surface area contributed by atoms with Gasteiger partial charge in [0, 0.05) is 8.95 Å². The number of aliphatic hydroxyl groups excluding tert-OH is 1. The molecule has 2 aromatic carbocycles. The minimum Gasteiger partial charge on any atom is -0.384 e. The molecule has 0 aromatic heterocycles. The van der Waals surface area contributed by atoms with Crippen molar-refractivity contribution in [3.05, 3.63) is 68.1 Å². The molecule has 1 unspecified atom stereocenters. The van der Waals surface area contributed by atoms with Gasteiger partial charge in [-0.3, -0.25) is 0 Å². The van der Waals surface area contributed by atoms with Crippen LogP contribution >= 0.6 is 31.9 Å². The molecule has 1 nitrogen and oxygen atoms in total. The number of aryl methyl sites for hydroxylation is 1. The molecule has 0 aliphatic heterocycles. The number of hydrogen-bond acceptors (Lipinski definition) is 1. The van der Waals surface area contributed by atoms with Crippen molar-refractivity contribution in [2.45, 2.75) is 13.0 Å². The number of aliphatic hydroxyl groups is 1. The normalized spacial score (nSPS) is 12.5. The Balaban J connectivity index is 2.39. The quantitative estimate of drug-likeness (QED) is 0.834. The van der Waals surface area contributed by atoms with Crippen molar-refractivity contribution in [2.24, 2.45) is 0 Å². The third-order valence-corrected chi connectivity index (χ3v) is 3.74. The summed E-state index contributed by atoms with van der Waals surface area (Å²) in [6.45, 7) is 2.00. The van der Waals surface area contributed by atoms with Crippen LogP contribution in [0.5, 0.6) is 0 Å². The van der Waals surface area contributed by atoms with Crippen LogP contribution in [0.3, 0.4) is 0 Å². The summed E-state index contributed by atoms with van der Waals surface area (Å²) in [4.78, 5) is 0. The molecule has 0 spiro atoms. The fourth-order valence-electron chi connectivity index (χ4n) is 1.73. The molecule has 1 atom stereocenters. The first kappa shape index (κ1) is 12.8. The van der Waals surface area contributed by atoms with Gasteiger partial charge in [0.2, 0.25) is 0 Å². The second-order valence-corrected chi connectivity index (χ2v) is 5.79. The average Bonchev–Trinajstić information content (AvgIpc) is 2.32. The third-order valence-electron chi connectivity index (χ3n) is 2.72. The van der Waals surface area contributed by atoms with Gasteiger partial charge in [-0.1, -0.05) is 50.1 Å². The van der Waals surface area contributed by atoms with E-state index in [1.807, 2.05) is 49.4 Å². The summed E-state index contributed by atoms with van der Waals surface area (Å²) in [6, 6.07) is 13.7. The molecule has 0 heterocycles. The fourth-order valence-corrected chi connectivity index (χ4v) is 2.37. The highest BCUT2D eigenvalue weighted by Crippen LogP contribution is 2.28. The number of rotatable bonds is 2. The lowest BCUT2D eigenvalue weighted by molar-refractivity contribution is 0.219. The van der Waals surface area contributed by atoms with E-state index in [9.17, 15) is 5.11 Å². The molecule has 0 aliphatic rings. The molecule has 0 fully saturated rings. The zero-order chi connectivity index (χ0) is 12.4. The highest BCUT2D eigenvalue weighted by atomic mass is 79.9. The second-order valence-electron chi connectivity index (χ2n) is 3.95. The Kier molecular flexibility index (Phi) is 4.02. The Morgan fingerprint density at radius 3 is 2.18 bits per heavy atom. The maximum atomic E-state index is 10.4. The molecule has 1 N–H and O–H groups in total. The predicted molar refractivity (Wildman–Crippen MR) is 77.1 cm³/mol. The lowest BCUT2D eigenvalue weighted by Crippen LogP contribution is -2.01. The number of benzene rings is 2.